The fraction of sp³-hybridized carbons (Fsp3) is 1.00. The molecular formula is C37H80N2O9Si. The van der Waals surface area contributed by atoms with Crippen LogP contribution in [0.3, 0.4) is 0 Å². The Labute approximate surface area is 302 Å². The molecule has 0 amide bonds. The molecule has 12 heteroatoms. The molecule has 0 rings (SSSR count). The van der Waals surface area contributed by atoms with Crippen molar-refractivity contribution in [3.8, 4) is 0 Å². The SMILES string of the molecule is CCCCC(CC)COCC(O)CN(CCCCCCNCC(O)COCCC[Si](OC)(OC)OC)CC(O)COCC(CC)CCCC. The molecule has 0 saturated carbocycles. The summed E-state index contributed by atoms with van der Waals surface area (Å²) < 4.78 is 33.7. The highest BCUT2D eigenvalue weighted by atomic mass is 28.4. The zero-order valence-electron chi connectivity index (χ0n) is 32.8. The van der Waals surface area contributed by atoms with Gasteiger partial charge in [-0.15, -0.1) is 0 Å². The topological polar surface area (TPSA) is 131 Å². The number of hydrogen-bond acceptors (Lipinski definition) is 11. The van der Waals surface area contributed by atoms with Crippen LogP contribution in [0.2, 0.25) is 6.04 Å². The number of nitrogens with one attached hydrogen (secondary N) is 1. The summed E-state index contributed by atoms with van der Waals surface area (Å²) in [6.45, 7) is 14.8. The van der Waals surface area contributed by atoms with Crippen LogP contribution in [0.5, 0.6) is 0 Å². The smallest absolute Gasteiger partial charge is 0.389 e. The van der Waals surface area contributed by atoms with Crippen LogP contribution in [0.15, 0.2) is 0 Å². The number of aliphatic hydroxyl groups excluding tert-OH is 3. The van der Waals surface area contributed by atoms with Crippen molar-refractivity contribution in [2.45, 2.75) is 136 Å². The molecule has 0 heterocycles. The van der Waals surface area contributed by atoms with Gasteiger partial charge >= 0.3 is 8.80 Å². The summed E-state index contributed by atoms with van der Waals surface area (Å²) in [5.74, 6) is 1.09. The van der Waals surface area contributed by atoms with Crippen molar-refractivity contribution in [2.24, 2.45) is 11.8 Å². The molecule has 11 nitrogen and oxygen atoms in total. The highest BCUT2D eigenvalue weighted by Crippen LogP contribution is 2.16. The zero-order chi connectivity index (χ0) is 36.6. The summed E-state index contributed by atoms with van der Waals surface area (Å²) in [5, 5.41) is 35.2. The van der Waals surface area contributed by atoms with E-state index in [4.69, 9.17) is 27.5 Å². The van der Waals surface area contributed by atoms with Crippen LogP contribution in [0.4, 0.5) is 0 Å². The van der Waals surface area contributed by atoms with E-state index in [1.54, 1.807) is 21.3 Å². The summed E-state index contributed by atoms with van der Waals surface area (Å²) in [5.41, 5.74) is 0. The normalized spacial score (nSPS) is 15.5. The second kappa shape index (κ2) is 33.6. The molecule has 0 saturated heterocycles. The molecule has 0 spiro atoms. The first-order valence-electron chi connectivity index (χ1n) is 19.6. The maximum atomic E-state index is 10.8. The van der Waals surface area contributed by atoms with Gasteiger partial charge in [0.05, 0.1) is 38.1 Å². The van der Waals surface area contributed by atoms with Gasteiger partial charge in [0.2, 0.25) is 0 Å². The Morgan fingerprint density at radius 2 is 1.10 bits per heavy atom. The van der Waals surface area contributed by atoms with Crippen molar-refractivity contribution >= 4 is 8.80 Å². The Morgan fingerprint density at radius 3 is 1.59 bits per heavy atom. The summed E-state index contributed by atoms with van der Waals surface area (Å²) in [7, 11) is 2.24. The third kappa shape index (κ3) is 27.1. The third-order valence-corrected chi connectivity index (χ3v) is 12.2. The van der Waals surface area contributed by atoms with Gasteiger partial charge in [0.15, 0.2) is 0 Å². The lowest BCUT2D eigenvalue weighted by Gasteiger charge is -2.28. The first-order chi connectivity index (χ1) is 23.7. The number of unbranched alkanes of at least 4 members (excludes halogenated alkanes) is 5. The van der Waals surface area contributed by atoms with E-state index in [0.29, 0.717) is 70.5 Å². The molecule has 5 unspecified atom stereocenters. The first kappa shape index (κ1) is 48.8. The van der Waals surface area contributed by atoms with E-state index in [-0.39, 0.29) is 6.61 Å². The molecule has 0 aromatic heterocycles. The maximum Gasteiger partial charge on any atom is 0.500 e. The lowest BCUT2D eigenvalue weighted by Crippen LogP contribution is -2.42. The fourth-order valence-electron chi connectivity index (χ4n) is 5.93. The molecule has 0 aliphatic heterocycles. The number of rotatable bonds is 38. The minimum absolute atomic E-state index is 0.286. The van der Waals surface area contributed by atoms with Crippen LogP contribution in [0.25, 0.3) is 0 Å². The second-order valence-corrected chi connectivity index (χ2v) is 16.8. The average molecular weight is 725 g/mol. The van der Waals surface area contributed by atoms with Crippen LogP contribution in [-0.2, 0) is 27.5 Å². The molecular weight excluding hydrogens is 644 g/mol. The fourth-order valence-corrected chi connectivity index (χ4v) is 7.62. The Balaban J connectivity index is 4.46. The van der Waals surface area contributed by atoms with Gasteiger partial charge in [0.1, 0.15) is 0 Å². The second-order valence-electron chi connectivity index (χ2n) is 13.7. The van der Waals surface area contributed by atoms with Crippen LogP contribution < -0.4 is 5.32 Å². The van der Waals surface area contributed by atoms with Gasteiger partial charge in [-0.1, -0.05) is 79.1 Å². The standard InChI is InChI=1S/C37H80N2O9Si/c1-8-12-19-33(10-3)28-47-31-36(41)26-39(27-37(42)32-48-29-34(11-4)20-13-9-2)22-17-15-14-16-21-38-25-35(40)30-46-23-18-24-49(43-5,44-6)45-7/h33-38,40-42H,8-32H2,1-7H3. The van der Waals surface area contributed by atoms with Crippen LogP contribution in [0.1, 0.15) is 111 Å². The Kier molecular flexibility index (Phi) is 33.4. The van der Waals surface area contributed by atoms with E-state index in [2.05, 4.69) is 37.9 Å². The molecule has 5 atom stereocenters. The van der Waals surface area contributed by atoms with Gasteiger partial charge in [-0.05, 0) is 57.0 Å². The number of nitrogens with zero attached hydrogens (tertiary/aromatic N) is 1. The lowest BCUT2D eigenvalue weighted by atomic mass is 10.0. The molecule has 49 heavy (non-hydrogen) atoms. The zero-order valence-corrected chi connectivity index (χ0v) is 33.8. The van der Waals surface area contributed by atoms with E-state index in [9.17, 15) is 15.3 Å². The predicted octanol–water partition coefficient (Wildman–Crippen LogP) is 5.27. The summed E-state index contributed by atoms with van der Waals surface area (Å²) >= 11 is 0. The molecule has 0 bridgehead atoms. The van der Waals surface area contributed by atoms with E-state index >= 15 is 0 Å². The van der Waals surface area contributed by atoms with Gasteiger partial charge < -0.3 is 48.1 Å². The Hall–Kier alpha value is -0.223. The van der Waals surface area contributed by atoms with Gasteiger partial charge in [0, 0.05) is 66.8 Å². The van der Waals surface area contributed by atoms with Crippen LogP contribution in [0, 0.1) is 11.8 Å². The monoisotopic (exact) mass is 725 g/mol. The molecule has 0 aromatic carbocycles. The molecule has 0 aromatic rings. The van der Waals surface area contributed by atoms with Crippen molar-refractivity contribution in [1.29, 1.82) is 0 Å². The van der Waals surface area contributed by atoms with E-state index in [0.717, 1.165) is 58.0 Å². The van der Waals surface area contributed by atoms with Gasteiger partial charge in [0.25, 0.3) is 0 Å². The van der Waals surface area contributed by atoms with Gasteiger partial charge in [-0.3, -0.25) is 4.90 Å². The maximum absolute atomic E-state index is 10.8. The minimum atomic E-state index is -2.57. The first-order valence-corrected chi connectivity index (χ1v) is 21.5. The molecule has 0 aliphatic rings. The molecule has 296 valence electrons. The van der Waals surface area contributed by atoms with Crippen molar-refractivity contribution in [2.75, 3.05) is 93.7 Å². The van der Waals surface area contributed by atoms with Crippen molar-refractivity contribution in [3.63, 3.8) is 0 Å². The highest BCUT2D eigenvalue weighted by molar-refractivity contribution is 6.60. The Bertz CT molecular complexity index is 658. The predicted molar refractivity (Wildman–Crippen MR) is 201 cm³/mol. The third-order valence-electron chi connectivity index (χ3n) is 9.32. The lowest BCUT2D eigenvalue weighted by molar-refractivity contribution is -0.0207. The van der Waals surface area contributed by atoms with Crippen LogP contribution >= 0.6 is 0 Å². The number of ether oxygens (including phenoxy) is 3. The summed E-state index contributed by atoms with van der Waals surface area (Å²) in [4.78, 5) is 2.17. The Morgan fingerprint density at radius 1 is 0.592 bits per heavy atom. The van der Waals surface area contributed by atoms with E-state index in [1.165, 1.54) is 38.5 Å². The van der Waals surface area contributed by atoms with E-state index in [1.807, 2.05) is 0 Å². The highest BCUT2D eigenvalue weighted by Gasteiger charge is 2.36. The molecule has 0 aliphatic carbocycles. The van der Waals surface area contributed by atoms with Crippen molar-refractivity contribution in [3.05, 3.63) is 0 Å². The van der Waals surface area contributed by atoms with Gasteiger partial charge in [-0.2, -0.15) is 0 Å². The minimum Gasteiger partial charge on any atom is -0.389 e. The number of hydrogen-bond donors (Lipinski definition) is 4. The average Bonchev–Trinajstić information content (AvgIpc) is 3.10. The molecule has 0 fully saturated rings. The van der Waals surface area contributed by atoms with Crippen LogP contribution in [-0.4, -0.2) is 141 Å². The largest absolute Gasteiger partial charge is 0.500 e. The van der Waals surface area contributed by atoms with Gasteiger partial charge in [-0.25, -0.2) is 0 Å². The quantitative estimate of drug-likeness (QED) is 0.0491. The molecule has 0 radical (unpaired) electrons. The van der Waals surface area contributed by atoms with Crippen molar-refractivity contribution < 1.29 is 42.8 Å². The molecule has 4 N–H and O–H groups in total. The van der Waals surface area contributed by atoms with Crippen molar-refractivity contribution in [1.82, 2.24) is 10.2 Å². The summed E-state index contributed by atoms with van der Waals surface area (Å²) in [6, 6.07) is 0.670. The number of aliphatic hydroxyl groups is 3. The summed E-state index contributed by atoms with van der Waals surface area (Å²) in [6.07, 6.45) is 12.5. The van der Waals surface area contributed by atoms with E-state index < -0.39 is 27.1 Å².